The van der Waals surface area contributed by atoms with Crippen LogP contribution in [0, 0.1) is 0 Å². The van der Waals surface area contributed by atoms with Crippen molar-refractivity contribution >= 4 is 17.5 Å². The van der Waals surface area contributed by atoms with Gasteiger partial charge < -0.3 is 15.4 Å². The van der Waals surface area contributed by atoms with Crippen molar-refractivity contribution in [3.63, 3.8) is 0 Å². The van der Waals surface area contributed by atoms with Crippen molar-refractivity contribution in [2.75, 3.05) is 23.8 Å². The molecule has 1 aromatic heterocycles. The van der Waals surface area contributed by atoms with Crippen molar-refractivity contribution in [2.24, 2.45) is 0 Å². The number of alkyl halides is 3. The van der Waals surface area contributed by atoms with E-state index in [-0.39, 0.29) is 29.7 Å². The molecule has 1 aromatic rings. The molecule has 1 aliphatic rings. The van der Waals surface area contributed by atoms with E-state index in [4.69, 9.17) is 10.5 Å². The van der Waals surface area contributed by atoms with Crippen LogP contribution in [0.2, 0.25) is 0 Å². The van der Waals surface area contributed by atoms with Crippen LogP contribution < -0.4 is 10.6 Å². The standard InChI is InChI=1S/C13H16F3N3O2/c1-2-21-12(20)9-5-6-18-11(10(9)17)19(8-3-4-8)7-13(14,15)16/h5-6,8H,2-4,7,17H2,1H3. The highest BCUT2D eigenvalue weighted by Gasteiger charge is 2.40. The Kier molecular flexibility index (Phi) is 4.24. The molecule has 0 atom stereocenters. The summed E-state index contributed by atoms with van der Waals surface area (Å²) in [6.45, 7) is 0.655. The summed E-state index contributed by atoms with van der Waals surface area (Å²) in [4.78, 5) is 16.8. The van der Waals surface area contributed by atoms with Gasteiger partial charge in [0.05, 0.1) is 17.9 Å². The zero-order valence-electron chi connectivity index (χ0n) is 11.5. The minimum absolute atomic E-state index is 0.0135. The Morgan fingerprint density at radius 3 is 2.71 bits per heavy atom. The molecule has 1 heterocycles. The van der Waals surface area contributed by atoms with Crippen LogP contribution in [-0.4, -0.2) is 36.3 Å². The van der Waals surface area contributed by atoms with Crippen LogP contribution >= 0.6 is 0 Å². The van der Waals surface area contributed by atoms with Gasteiger partial charge in [-0.25, -0.2) is 9.78 Å². The van der Waals surface area contributed by atoms with Crippen molar-refractivity contribution < 1.29 is 22.7 Å². The van der Waals surface area contributed by atoms with Gasteiger partial charge in [-0.15, -0.1) is 0 Å². The fourth-order valence-corrected chi connectivity index (χ4v) is 2.03. The van der Waals surface area contributed by atoms with E-state index in [9.17, 15) is 18.0 Å². The van der Waals surface area contributed by atoms with Gasteiger partial charge in [-0.1, -0.05) is 0 Å². The molecule has 21 heavy (non-hydrogen) atoms. The van der Waals surface area contributed by atoms with Crippen molar-refractivity contribution in [2.45, 2.75) is 32.0 Å². The van der Waals surface area contributed by atoms with Crippen molar-refractivity contribution in [1.29, 1.82) is 0 Å². The first-order chi connectivity index (χ1) is 9.83. The molecule has 0 unspecified atom stereocenters. The second-order valence-corrected chi connectivity index (χ2v) is 4.79. The van der Waals surface area contributed by atoms with Crippen molar-refractivity contribution in [1.82, 2.24) is 4.98 Å². The predicted octanol–water partition coefficient (Wildman–Crippen LogP) is 2.37. The number of rotatable bonds is 5. The number of nitrogen functional groups attached to an aromatic ring is 1. The number of halogens is 3. The number of anilines is 2. The average Bonchev–Trinajstić information content (AvgIpc) is 3.20. The van der Waals surface area contributed by atoms with Crippen LogP contribution in [0.5, 0.6) is 0 Å². The number of hydrogen-bond donors (Lipinski definition) is 1. The molecule has 0 saturated heterocycles. The summed E-state index contributed by atoms with van der Waals surface area (Å²) >= 11 is 0. The summed E-state index contributed by atoms with van der Waals surface area (Å²) in [5.41, 5.74) is 5.79. The summed E-state index contributed by atoms with van der Waals surface area (Å²) in [6.07, 6.45) is -1.79. The number of pyridine rings is 1. The lowest BCUT2D eigenvalue weighted by Gasteiger charge is -2.26. The molecule has 5 nitrogen and oxygen atoms in total. The topological polar surface area (TPSA) is 68.5 Å². The molecule has 0 aromatic carbocycles. The Bertz CT molecular complexity index is 530. The number of esters is 1. The number of aromatic nitrogens is 1. The molecule has 0 spiro atoms. The maximum absolute atomic E-state index is 12.7. The van der Waals surface area contributed by atoms with Gasteiger partial charge in [0.25, 0.3) is 0 Å². The van der Waals surface area contributed by atoms with E-state index in [0.717, 1.165) is 4.90 Å². The zero-order valence-corrected chi connectivity index (χ0v) is 11.5. The van der Waals surface area contributed by atoms with Crippen molar-refractivity contribution in [3.8, 4) is 0 Å². The van der Waals surface area contributed by atoms with Gasteiger partial charge in [-0.2, -0.15) is 13.2 Å². The lowest BCUT2D eigenvalue weighted by Crippen LogP contribution is -2.37. The number of hydrogen-bond acceptors (Lipinski definition) is 5. The molecular formula is C13H16F3N3O2. The molecule has 0 bridgehead atoms. The molecule has 8 heteroatoms. The number of ether oxygens (including phenoxy) is 1. The highest BCUT2D eigenvalue weighted by atomic mass is 19.4. The molecule has 0 radical (unpaired) electrons. The molecule has 116 valence electrons. The Labute approximate surface area is 119 Å². The van der Waals surface area contributed by atoms with Gasteiger partial charge in [0.15, 0.2) is 5.82 Å². The third-order valence-corrected chi connectivity index (χ3v) is 3.07. The van der Waals surface area contributed by atoms with Crippen LogP contribution in [0.1, 0.15) is 30.1 Å². The molecule has 1 saturated carbocycles. The van der Waals surface area contributed by atoms with E-state index >= 15 is 0 Å². The largest absolute Gasteiger partial charge is 0.462 e. The van der Waals surface area contributed by atoms with E-state index in [1.54, 1.807) is 6.92 Å². The van der Waals surface area contributed by atoms with E-state index in [1.165, 1.54) is 12.3 Å². The summed E-state index contributed by atoms with van der Waals surface area (Å²) in [6, 6.07) is 1.11. The Balaban J connectivity index is 2.33. The summed E-state index contributed by atoms with van der Waals surface area (Å²) in [7, 11) is 0. The maximum atomic E-state index is 12.7. The molecule has 2 rings (SSSR count). The average molecular weight is 303 g/mol. The molecular weight excluding hydrogens is 287 g/mol. The van der Waals surface area contributed by atoms with Gasteiger partial charge in [0.1, 0.15) is 6.54 Å². The van der Waals surface area contributed by atoms with E-state index in [0.29, 0.717) is 12.8 Å². The van der Waals surface area contributed by atoms with E-state index in [2.05, 4.69) is 4.98 Å². The van der Waals surface area contributed by atoms with Crippen LogP contribution in [-0.2, 0) is 4.74 Å². The maximum Gasteiger partial charge on any atom is 0.405 e. The monoisotopic (exact) mass is 303 g/mol. The number of carbonyl (C=O) groups excluding carboxylic acids is 1. The summed E-state index contributed by atoms with van der Waals surface area (Å²) in [5, 5.41) is 0. The number of carbonyl (C=O) groups is 1. The fourth-order valence-electron chi connectivity index (χ4n) is 2.03. The molecule has 1 aliphatic carbocycles. The quantitative estimate of drug-likeness (QED) is 0.846. The number of nitrogens with two attached hydrogens (primary N) is 1. The third-order valence-electron chi connectivity index (χ3n) is 3.07. The smallest absolute Gasteiger partial charge is 0.405 e. The van der Waals surface area contributed by atoms with Crippen LogP contribution in [0.3, 0.4) is 0 Å². The lowest BCUT2D eigenvalue weighted by atomic mass is 10.2. The fraction of sp³-hybridized carbons (Fsp3) is 0.538. The Hall–Kier alpha value is -1.99. The highest BCUT2D eigenvalue weighted by molar-refractivity contribution is 5.97. The molecule has 1 fully saturated rings. The molecule has 2 N–H and O–H groups in total. The van der Waals surface area contributed by atoms with Gasteiger partial charge >= 0.3 is 12.1 Å². The van der Waals surface area contributed by atoms with E-state index < -0.39 is 18.7 Å². The number of nitrogens with zero attached hydrogens (tertiary/aromatic N) is 2. The Morgan fingerprint density at radius 1 is 1.52 bits per heavy atom. The predicted molar refractivity (Wildman–Crippen MR) is 71.0 cm³/mol. The van der Waals surface area contributed by atoms with Gasteiger partial charge in [-0.3, -0.25) is 0 Å². The minimum Gasteiger partial charge on any atom is -0.462 e. The normalized spacial score (nSPS) is 14.9. The van der Waals surface area contributed by atoms with Gasteiger partial charge in [0.2, 0.25) is 0 Å². The van der Waals surface area contributed by atoms with Gasteiger partial charge in [-0.05, 0) is 25.8 Å². The molecule has 0 aliphatic heterocycles. The molecule has 0 amide bonds. The van der Waals surface area contributed by atoms with Crippen LogP contribution in [0.4, 0.5) is 24.7 Å². The second-order valence-electron chi connectivity index (χ2n) is 4.79. The first-order valence-electron chi connectivity index (χ1n) is 6.58. The van der Waals surface area contributed by atoms with Gasteiger partial charge in [0, 0.05) is 12.2 Å². The second kappa shape index (κ2) is 5.79. The van der Waals surface area contributed by atoms with Crippen molar-refractivity contribution in [3.05, 3.63) is 17.8 Å². The Morgan fingerprint density at radius 2 is 2.19 bits per heavy atom. The van der Waals surface area contributed by atoms with Crippen LogP contribution in [0.25, 0.3) is 0 Å². The first-order valence-corrected chi connectivity index (χ1v) is 6.58. The first kappa shape index (κ1) is 15.4. The lowest BCUT2D eigenvalue weighted by molar-refractivity contribution is -0.120. The highest BCUT2D eigenvalue weighted by Crippen LogP contribution is 2.36. The summed E-state index contributed by atoms with van der Waals surface area (Å²) in [5.74, 6) is -0.679. The zero-order chi connectivity index (χ0) is 15.6. The minimum atomic E-state index is -4.36. The van der Waals surface area contributed by atoms with Crippen LogP contribution in [0.15, 0.2) is 12.3 Å². The third kappa shape index (κ3) is 3.77. The SMILES string of the molecule is CCOC(=O)c1ccnc(N(CC(F)(F)F)C2CC2)c1N. The van der Waals surface area contributed by atoms with E-state index in [1.807, 2.05) is 0 Å². The summed E-state index contributed by atoms with van der Waals surface area (Å²) < 4.78 is 42.9.